The van der Waals surface area contributed by atoms with E-state index in [0.29, 0.717) is 6.04 Å². The highest BCUT2D eigenvalue weighted by molar-refractivity contribution is 9.10. The van der Waals surface area contributed by atoms with Crippen molar-refractivity contribution in [3.05, 3.63) is 39.8 Å². The molecule has 3 heterocycles. The summed E-state index contributed by atoms with van der Waals surface area (Å²) < 4.78 is 3.18. The minimum atomic E-state index is 0.681. The van der Waals surface area contributed by atoms with Crippen LogP contribution in [0.4, 0.5) is 0 Å². The fraction of sp³-hybridized carbons (Fsp3) is 0.412. The Kier molecular flexibility index (Phi) is 4.22. The number of aromatic nitrogens is 3. The summed E-state index contributed by atoms with van der Waals surface area (Å²) in [5.41, 5.74) is 1.09. The van der Waals surface area contributed by atoms with E-state index in [1.807, 2.05) is 12.1 Å². The molecule has 1 aliphatic heterocycles. The average Bonchev–Trinajstić information content (AvgIpc) is 3.09. The van der Waals surface area contributed by atoms with Crippen LogP contribution in [0, 0.1) is 0 Å². The van der Waals surface area contributed by atoms with Crippen molar-refractivity contribution in [1.82, 2.24) is 19.5 Å². The first kappa shape index (κ1) is 15.3. The second-order valence-electron chi connectivity index (χ2n) is 6.20. The monoisotopic (exact) mass is 390 g/mol. The molecule has 0 unspecified atom stereocenters. The van der Waals surface area contributed by atoms with Crippen LogP contribution in [0.5, 0.6) is 0 Å². The fourth-order valence-electron chi connectivity index (χ4n) is 3.24. The molecule has 1 aromatic carbocycles. The molecule has 0 aliphatic carbocycles. The van der Waals surface area contributed by atoms with Gasteiger partial charge in [0.05, 0.1) is 0 Å². The van der Waals surface area contributed by atoms with Crippen LogP contribution >= 0.6 is 27.3 Å². The van der Waals surface area contributed by atoms with E-state index in [-0.39, 0.29) is 0 Å². The number of likely N-dealkylation sites (tertiary alicyclic amines) is 1. The van der Waals surface area contributed by atoms with Gasteiger partial charge in [0.15, 0.2) is 5.82 Å². The van der Waals surface area contributed by atoms with Gasteiger partial charge in [0.2, 0.25) is 4.96 Å². The summed E-state index contributed by atoms with van der Waals surface area (Å²) in [7, 11) is 0. The number of rotatable bonds is 3. The summed E-state index contributed by atoms with van der Waals surface area (Å²) in [6.07, 6.45) is 6.20. The zero-order valence-corrected chi connectivity index (χ0v) is 15.5. The zero-order chi connectivity index (χ0) is 15.8. The molecular weight excluding hydrogens is 372 g/mol. The van der Waals surface area contributed by atoms with Gasteiger partial charge in [0.25, 0.3) is 0 Å². The van der Waals surface area contributed by atoms with Gasteiger partial charge in [-0.1, -0.05) is 45.8 Å². The molecule has 23 heavy (non-hydrogen) atoms. The molecule has 0 amide bonds. The largest absolute Gasteiger partial charge is 0.296 e. The van der Waals surface area contributed by atoms with E-state index in [2.05, 4.69) is 60.7 Å². The number of piperidine rings is 1. The Labute approximate surface area is 148 Å². The third kappa shape index (κ3) is 3.07. The van der Waals surface area contributed by atoms with E-state index in [1.54, 1.807) is 11.3 Å². The van der Waals surface area contributed by atoms with Gasteiger partial charge in [-0.3, -0.25) is 9.30 Å². The van der Waals surface area contributed by atoms with Crippen molar-refractivity contribution in [2.45, 2.75) is 38.8 Å². The standard InChI is InChI=1S/C17H19BrN4S/c1-12-5-2-3-8-21(12)10-15-11-22-16(19-20-17(22)23-15)13-6-4-7-14(18)9-13/h4,6-7,9,11-12H,2-3,5,8,10H2,1H3/t12-/m1/s1. The predicted octanol–water partition coefficient (Wildman–Crippen LogP) is 4.59. The topological polar surface area (TPSA) is 33.4 Å². The molecular formula is C17H19BrN4S. The van der Waals surface area contributed by atoms with Crippen LogP contribution in [0.25, 0.3) is 16.3 Å². The minimum Gasteiger partial charge on any atom is -0.296 e. The molecule has 4 nitrogen and oxygen atoms in total. The van der Waals surface area contributed by atoms with Gasteiger partial charge >= 0.3 is 0 Å². The molecule has 6 heteroatoms. The Morgan fingerprint density at radius 2 is 2.22 bits per heavy atom. The van der Waals surface area contributed by atoms with Crippen LogP contribution in [0.1, 0.15) is 31.1 Å². The second-order valence-corrected chi connectivity index (χ2v) is 8.21. The zero-order valence-electron chi connectivity index (χ0n) is 13.1. The van der Waals surface area contributed by atoms with E-state index in [4.69, 9.17) is 0 Å². The number of benzene rings is 1. The lowest BCUT2D eigenvalue weighted by Crippen LogP contribution is -2.36. The average molecular weight is 391 g/mol. The molecule has 1 aliphatic rings. The lowest BCUT2D eigenvalue weighted by molar-refractivity contribution is 0.154. The number of halogens is 1. The van der Waals surface area contributed by atoms with Crippen molar-refractivity contribution in [3.8, 4) is 11.4 Å². The molecule has 120 valence electrons. The van der Waals surface area contributed by atoms with Gasteiger partial charge in [-0.25, -0.2) is 0 Å². The summed E-state index contributed by atoms with van der Waals surface area (Å²) in [5.74, 6) is 0.912. The molecule has 0 bridgehead atoms. The minimum absolute atomic E-state index is 0.681. The number of thiazole rings is 1. The summed E-state index contributed by atoms with van der Waals surface area (Å²) >= 11 is 5.28. The Hall–Kier alpha value is -1.24. The maximum absolute atomic E-state index is 4.36. The van der Waals surface area contributed by atoms with E-state index in [9.17, 15) is 0 Å². The Balaban J connectivity index is 1.64. The number of hydrogen-bond acceptors (Lipinski definition) is 4. The molecule has 0 N–H and O–H groups in total. The summed E-state index contributed by atoms with van der Waals surface area (Å²) in [5, 5.41) is 8.71. The Morgan fingerprint density at radius 3 is 3.04 bits per heavy atom. The van der Waals surface area contributed by atoms with Crippen LogP contribution in [0.2, 0.25) is 0 Å². The van der Waals surface area contributed by atoms with Gasteiger partial charge in [0.1, 0.15) is 0 Å². The first-order valence-corrected chi connectivity index (χ1v) is 9.65. The van der Waals surface area contributed by atoms with E-state index in [1.165, 1.54) is 30.7 Å². The molecule has 2 aromatic heterocycles. The lowest BCUT2D eigenvalue weighted by atomic mass is 10.0. The molecule has 1 fully saturated rings. The van der Waals surface area contributed by atoms with Crippen LogP contribution < -0.4 is 0 Å². The van der Waals surface area contributed by atoms with Crippen molar-refractivity contribution in [2.24, 2.45) is 0 Å². The Bertz CT molecular complexity index is 825. The van der Waals surface area contributed by atoms with Crippen molar-refractivity contribution >= 4 is 32.2 Å². The van der Waals surface area contributed by atoms with Gasteiger partial charge in [0, 0.05) is 33.7 Å². The van der Waals surface area contributed by atoms with Crippen molar-refractivity contribution < 1.29 is 0 Å². The van der Waals surface area contributed by atoms with E-state index in [0.717, 1.165) is 27.4 Å². The van der Waals surface area contributed by atoms with Crippen LogP contribution in [0.15, 0.2) is 34.9 Å². The third-order valence-electron chi connectivity index (χ3n) is 4.54. The highest BCUT2D eigenvalue weighted by Gasteiger charge is 2.20. The van der Waals surface area contributed by atoms with Crippen molar-refractivity contribution in [1.29, 1.82) is 0 Å². The van der Waals surface area contributed by atoms with Crippen molar-refractivity contribution in [3.63, 3.8) is 0 Å². The van der Waals surface area contributed by atoms with E-state index < -0.39 is 0 Å². The summed E-state index contributed by atoms with van der Waals surface area (Å²) in [6, 6.07) is 8.90. The quantitative estimate of drug-likeness (QED) is 0.655. The SMILES string of the molecule is C[C@@H]1CCCCN1Cc1cn2c(-c3cccc(Br)c3)nnc2s1. The van der Waals surface area contributed by atoms with Crippen molar-refractivity contribution in [2.75, 3.05) is 6.54 Å². The maximum atomic E-state index is 4.36. The molecule has 1 saturated heterocycles. The van der Waals surface area contributed by atoms with Gasteiger partial charge in [-0.15, -0.1) is 10.2 Å². The third-order valence-corrected chi connectivity index (χ3v) is 5.99. The van der Waals surface area contributed by atoms with Crippen LogP contribution in [0.3, 0.4) is 0 Å². The normalized spacial score (nSPS) is 19.5. The number of hydrogen-bond donors (Lipinski definition) is 0. The highest BCUT2D eigenvalue weighted by atomic mass is 79.9. The predicted molar refractivity (Wildman–Crippen MR) is 97.7 cm³/mol. The molecule has 3 aromatic rings. The van der Waals surface area contributed by atoms with E-state index >= 15 is 0 Å². The summed E-state index contributed by atoms with van der Waals surface area (Å²) in [6.45, 7) is 4.57. The molecule has 0 saturated carbocycles. The van der Waals surface area contributed by atoms with Gasteiger partial charge < -0.3 is 0 Å². The highest BCUT2D eigenvalue weighted by Crippen LogP contribution is 2.27. The fourth-order valence-corrected chi connectivity index (χ4v) is 4.58. The maximum Gasteiger partial charge on any atom is 0.216 e. The lowest BCUT2D eigenvalue weighted by Gasteiger charge is -2.32. The number of fused-ring (bicyclic) bond motifs is 1. The molecule has 0 radical (unpaired) electrons. The second kappa shape index (κ2) is 6.34. The first-order valence-electron chi connectivity index (χ1n) is 8.04. The van der Waals surface area contributed by atoms with Gasteiger partial charge in [-0.05, 0) is 38.4 Å². The molecule has 0 spiro atoms. The molecule has 1 atom stereocenters. The van der Waals surface area contributed by atoms with Crippen LogP contribution in [-0.2, 0) is 6.54 Å². The van der Waals surface area contributed by atoms with Crippen LogP contribution in [-0.4, -0.2) is 32.1 Å². The summed E-state index contributed by atoms with van der Waals surface area (Å²) in [4.78, 5) is 4.92. The Morgan fingerprint density at radius 1 is 1.30 bits per heavy atom. The van der Waals surface area contributed by atoms with Gasteiger partial charge in [-0.2, -0.15) is 0 Å². The smallest absolute Gasteiger partial charge is 0.216 e. The number of nitrogens with zero attached hydrogens (tertiary/aromatic N) is 4. The molecule has 4 rings (SSSR count). The first-order chi connectivity index (χ1) is 11.2.